The molecule has 0 saturated carbocycles. The van der Waals surface area contributed by atoms with Crippen molar-refractivity contribution in [1.82, 2.24) is 10.2 Å². The Bertz CT molecular complexity index is 703. The zero-order valence-electron chi connectivity index (χ0n) is 12.5. The fraction of sp³-hybridized carbons (Fsp3) is 0.375. The van der Waals surface area contributed by atoms with Gasteiger partial charge < -0.3 is 5.11 Å². The molecule has 0 aliphatic carbocycles. The Kier molecular flexibility index (Phi) is 5.62. The second kappa shape index (κ2) is 7.27. The van der Waals surface area contributed by atoms with Crippen LogP contribution in [0.15, 0.2) is 23.0 Å². The van der Waals surface area contributed by atoms with Crippen LogP contribution < -0.4 is 5.56 Å². The van der Waals surface area contributed by atoms with E-state index in [1.54, 1.807) is 18.2 Å². The normalized spacial score (nSPS) is 11.2. The minimum absolute atomic E-state index is 0.0469. The molecular weight excluding hydrogens is 323 g/mol. The maximum atomic E-state index is 11.7. The Morgan fingerprint density at radius 3 is 2.41 bits per heavy atom. The van der Waals surface area contributed by atoms with Crippen LogP contribution in [-0.4, -0.2) is 21.9 Å². The van der Waals surface area contributed by atoms with Crippen molar-refractivity contribution in [3.05, 3.63) is 61.0 Å². The molecule has 2 rings (SSSR count). The molecule has 1 aromatic carbocycles. The smallest absolute Gasteiger partial charge is 0.267 e. The van der Waals surface area contributed by atoms with E-state index in [1.165, 1.54) is 0 Å². The minimum Gasteiger partial charge on any atom is -0.396 e. The molecule has 0 fully saturated rings. The standard InChI is InChI=1S/C16H18Cl2N2O2/c1-9(2)12-7-11(19-20-16(12)22)8-13-14(17)5-10(3-4-21)6-15(13)18/h5-7,9,21H,3-4,8H2,1-2H3,(H,20,22). The van der Waals surface area contributed by atoms with Gasteiger partial charge in [0.05, 0.1) is 5.69 Å². The molecule has 2 N–H and O–H groups in total. The van der Waals surface area contributed by atoms with Crippen molar-refractivity contribution >= 4 is 23.2 Å². The predicted molar refractivity (Wildman–Crippen MR) is 89.0 cm³/mol. The van der Waals surface area contributed by atoms with Crippen molar-refractivity contribution in [2.24, 2.45) is 0 Å². The summed E-state index contributed by atoms with van der Waals surface area (Å²) in [6.45, 7) is 3.96. The summed E-state index contributed by atoms with van der Waals surface area (Å²) in [5.74, 6) is 0.114. The second-order valence-corrected chi connectivity index (χ2v) is 6.30. The lowest BCUT2D eigenvalue weighted by molar-refractivity contribution is 0.299. The lowest BCUT2D eigenvalue weighted by Gasteiger charge is -2.11. The highest BCUT2D eigenvalue weighted by Gasteiger charge is 2.12. The molecule has 2 aromatic rings. The lowest BCUT2D eigenvalue weighted by Crippen LogP contribution is -2.17. The molecule has 4 nitrogen and oxygen atoms in total. The Morgan fingerprint density at radius 1 is 1.23 bits per heavy atom. The molecule has 0 bridgehead atoms. The number of nitrogens with zero attached hydrogens (tertiary/aromatic N) is 1. The lowest BCUT2D eigenvalue weighted by atomic mass is 10.0. The first-order chi connectivity index (χ1) is 10.4. The van der Waals surface area contributed by atoms with Gasteiger partial charge in [0.25, 0.3) is 5.56 Å². The average molecular weight is 341 g/mol. The number of halogens is 2. The van der Waals surface area contributed by atoms with Crippen molar-refractivity contribution in [3.63, 3.8) is 0 Å². The van der Waals surface area contributed by atoms with Crippen LogP contribution in [0.4, 0.5) is 0 Å². The third-order valence-electron chi connectivity index (χ3n) is 3.47. The highest BCUT2D eigenvalue weighted by Crippen LogP contribution is 2.29. The van der Waals surface area contributed by atoms with Crippen LogP contribution in [0.5, 0.6) is 0 Å². The van der Waals surface area contributed by atoms with Crippen LogP contribution in [-0.2, 0) is 12.8 Å². The van der Waals surface area contributed by atoms with E-state index in [9.17, 15) is 4.79 Å². The van der Waals surface area contributed by atoms with E-state index >= 15 is 0 Å². The van der Waals surface area contributed by atoms with Crippen LogP contribution in [0.1, 0.15) is 42.1 Å². The number of hydrogen-bond donors (Lipinski definition) is 2. The van der Waals surface area contributed by atoms with Crippen molar-refractivity contribution in [2.45, 2.75) is 32.6 Å². The minimum atomic E-state index is -0.172. The van der Waals surface area contributed by atoms with E-state index in [0.29, 0.717) is 34.1 Å². The number of hydrogen-bond acceptors (Lipinski definition) is 3. The Balaban J connectivity index is 2.35. The van der Waals surface area contributed by atoms with Crippen LogP contribution >= 0.6 is 23.2 Å². The van der Waals surface area contributed by atoms with Gasteiger partial charge >= 0.3 is 0 Å². The Hall–Kier alpha value is -1.36. The molecule has 0 amide bonds. The summed E-state index contributed by atoms with van der Waals surface area (Å²) < 4.78 is 0. The first-order valence-electron chi connectivity index (χ1n) is 7.08. The van der Waals surface area contributed by atoms with Crippen molar-refractivity contribution < 1.29 is 5.11 Å². The monoisotopic (exact) mass is 340 g/mol. The van der Waals surface area contributed by atoms with Gasteiger partial charge in [-0.05, 0) is 41.7 Å². The summed E-state index contributed by atoms with van der Waals surface area (Å²) in [7, 11) is 0. The van der Waals surface area contributed by atoms with Crippen molar-refractivity contribution in [3.8, 4) is 0 Å². The third kappa shape index (κ3) is 3.88. The summed E-state index contributed by atoms with van der Waals surface area (Å²) in [5, 5.41) is 16.6. The number of rotatable bonds is 5. The number of benzene rings is 1. The first-order valence-corrected chi connectivity index (χ1v) is 7.84. The fourth-order valence-corrected chi connectivity index (χ4v) is 2.93. The largest absolute Gasteiger partial charge is 0.396 e. The molecule has 0 aliphatic heterocycles. The van der Waals surface area contributed by atoms with Gasteiger partial charge in [-0.25, -0.2) is 5.10 Å². The Morgan fingerprint density at radius 2 is 1.86 bits per heavy atom. The number of aliphatic hydroxyl groups is 1. The maximum absolute atomic E-state index is 11.7. The molecule has 0 radical (unpaired) electrons. The molecule has 0 saturated heterocycles. The van der Waals surface area contributed by atoms with E-state index < -0.39 is 0 Å². The van der Waals surface area contributed by atoms with Gasteiger partial charge in [-0.15, -0.1) is 0 Å². The molecule has 0 unspecified atom stereocenters. The molecule has 6 heteroatoms. The summed E-state index contributed by atoms with van der Waals surface area (Å²) in [6, 6.07) is 5.39. The number of nitrogens with one attached hydrogen (secondary N) is 1. The maximum Gasteiger partial charge on any atom is 0.267 e. The molecule has 118 valence electrons. The SMILES string of the molecule is CC(C)c1cc(Cc2c(Cl)cc(CCO)cc2Cl)n[nH]c1=O. The van der Waals surface area contributed by atoms with Gasteiger partial charge in [-0.3, -0.25) is 4.79 Å². The molecule has 1 aromatic heterocycles. The number of aromatic amines is 1. The van der Waals surface area contributed by atoms with E-state index in [-0.39, 0.29) is 18.1 Å². The summed E-state index contributed by atoms with van der Waals surface area (Å²) in [4.78, 5) is 11.7. The first kappa shape index (κ1) is 17.0. The summed E-state index contributed by atoms with van der Waals surface area (Å²) in [6.07, 6.45) is 0.946. The topological polar surface area (TPSA) is 66.0 Å². The van der Waals surface area contributed by atoms with Crippen LogP contribution in [0.2, 0.25) is 10.0 Å². The van der Waals surface area contributed by atoms with Crippen LogP contribution in [0.3, 0.4) is 0 Å². The zero-order valence-corrected chi connectivity index (χ0v) is 14.0. The zero-order chi connectivity index (χ0) is 16.3. The van der Waals surface area contributed by atoms with Crippen molar-refractivity contribution in [2.75, 3.05) is 6.61 Å². The van der Waals surface area contributed by atoms with Gasteiger partial charge in [0.1, 0.15) is 0 Å². The quantitative estimate of drug-likeness (QED) is 0.877. The summed E-state index contributed by atoms with van der Waals surface area (Å²) >= 11 is 12.6. The number of aromatic nitrogens is 2. The highest BCUT2D eigenvalue weighted by molar-refractivity contribution is 6.36. The van der Waals surface area contributed by atoms with E-state index in [0.717, 1.165) is 11.1 Å². The third-order valence-corrected chi connectivity index (χ3v) is 4.14. The second-order valence-electron chi connectivity index (χ2n) is 5.49. The molecule has 22 heavy (non-hydrogen) atoms. The van der Waals surface area contributed by atoms with E-state index in [4.69, 9.17) is 28.3 Å². The van der Waals surface area contributed by atoms with Gasteiger partial charge in [0, 0.05) is 28.6 Å². The fourth-order valence-electron chi connectivity index (χ4n) is 2.26. The molecule has 0 spiro atoms. The van der Waals surface area contributed by atoms with Crippen LogP contribution in [0.25, 0.3) is 0 Å². The van der Waals surface area contributed by atoms with E-state index in [2.05, 4.69) is 10.2 Å². The van der Waals surface area contributed by atoms with Crippen molar-refractivity contribution in [1.29, 1.82) is 0 Å². The number of aliphatic hydroxyl groups excluding tert-OH is 1. The summed E-state index contributed by atoms with van der Waals surface area (Å²) in [5.41, 5.74) is 2.88. The van der Waals surface area contributed by atoms with Crippen LogP contribution in [0, 0.1) is 0 Å². The predicted octanol–water partition coefficient (Wildman–Crippen LogP) is 3.33. The van der Waals surface area contributed by atoms with Gasteiger partial charge in [-0.2, -0.15) is 5.10 Å². The van der Waals surface area contributed by atoms with Gasteiger partial charge in [0.15, 0.2) is 0 Å². The van der Waals surface area contributed by atoms with Gasteiger partial charge in [0.2, 0.25) is 0 Å². The average Bonchev–Trinajstić information content (AvgIpc) is 2.44. The highest BCUT2D eigenvalue weighted by atomic mass is 35.5. The molecule has 1 heterocycles. The van der Waals surface area contributed by atoms with Gasteiger partial charge in [-0.1, -0.05) is 37.0 Å². The molecular formula is C16H18Cl2N2O2. The van der Waals surface area contributed by atoms with E-state index in [1.807, 2.05) is 13.8 Å². The number of H-pyrrole nitrogens is 1. The molecule has 0 aliphatic rings. The molecule has 0 atom stereocenters. The Labute approximate surface area is 139 Å².